The number of aliphatic hydroxyl groups is 1. The average molecular weight is 241 g/mol. The minimum atomic E-state index is 0.282. The molecule has 0 aromatic heterocycles. The van der Waals surface area contributed by atoms with E-state index in [2.05, 4.69) is 22.2 Å². The fourth-order valence-electron chi connectivity index (χ4n) is 2.47. The molecule has 2 rings (SSSR count). The molecule has 2 aliphatic rings. The van der Waals surface area contributed by atoms with Crippen molar-refractivity contribution in [2.24, 2.45) is 0 Å². The molecule has 0 aromatic carbocycles. The van der Waals surface area contributed by atoms with Crippen LogP contribution in [0.1, 0.15) is 25.7 Å². The molecule has 17 heavy (non-hydrogen) atoms. The fourth-order valence-corrected chi connectivity index (χ4v) is 2.47. The standard InChI is InChI=1S/C13H27N3O/c1-15-6-2-7-16(10-9-15)8-5-13(11-17)14-12-3-4-12/h12-14,17H,2-11H2,1H3. The van der Waals surface area contributed by atoms with Crippen LogP contribution in [0.15, 0.2) is 0 Å². The van der Waals surface area contributed by atoms with Crippen LogP contribution >= 0.6 is 0 Å². The van der Waals surface area contributed by atoms with Crippen LogP contribution in [0.5, 0.6) is 0 Å². The summed E-state index contributed by atoms with van der Waals surface area (Å²) < 4.78 is 0. The highest BCUT2D eigenvalue weighted by atomic mass is 16.3. The molecule has 0 spiro atoms. The van der Waals surface area contributed by atoms with Crippen molar-refractivity contribution in [3.63, 3.8) is 0 Å². The smallest absolute Gasteiger partial charge is 0.0585 e. The van der Waals surface area contributed by atoms with Gasteiger partial charge in [0.1, 0.15) is 0 Å². The Morgan fingerprint density at radius 1 is 1.24 bits per heavy atom. The summed E-state index contributed by atoms with van der Waals surface area (Å²) in [7, 11) is 2.20. The van der Waals surface area contributed by atoms with Gasteiger partial charge in [-0.05, 0) is 52.4 Å². The lowest BCUT2D eigenvalue weighted by Gasteiger charge is -2.23. The number of likely N-dealkylation sites (N-methyl/N-ethyl adjacent to an activating group) is 1. The van der Waals surface area contributed by atoms with Gasteiger partial charge in [0.15, 0.2) is 0 Å². The quantitative estimate of drug-likeness (QED) is 0.693. The Hall–Kier alpha value is -0.160. The first-order chi connectivity index (χ1) is 8.28. The molecule has 1 aliphatic carbocycles. The second kappa shape index (κ2) is 6.69. The molecule has 4 heteroatoms. The van der Waals surface area contributed by atoms with E-state index >= 15 is 0 Å². The van der Waals surface area contributed by atoms with Gasteiger partial charge in [0.2, 0.25) is 0 Å². The summed E-state index contributed by atoms with van der Waals surface area (Å²) in [6.07, 6.45) is 4.95. The predicted octanol–water partition coefficient (Wildman–Crippen LogP) is 0.127. The van der Waals surface area contributed by atoms with Crippen molar-refractivity contribution in [1.82, 2.24) is 15.1 Å². The topological polar surface area (TPSA) is 38.7 Å². The number of aliphatic hydroxyl groups excluding tert-OH is 1. The van der Waals surface area contributed by atoms with Crippen LogP contribution in [0.4, 0.5) is 0 Å². The van der Waals surface area contributed by atoms with Crippen LogP contribution in [-0.2, 0) is 0 Å². The van der Waals surface area contributed by atoms with Crippen LogP contribution in [0.3, 0.4) is 0 Å². The van der Waals surface area contributed by atoms with Crippen molar-refractivity contribution in [2.45, 2.75) is 37.8 Å². The number of nitrogens with zero attached hydrogens (tertiary/aromatic N) is 2. The van der Waals surface area contributed by atoms with E-state index in [0.29, 0.717) is 12.1 Å². The van der Waals surface area contributed by atoms with Crippen molar-refractivity contribution in [3.8, 4) is 0 Å². The predicted molar refractivity (Wildman–Crippen MR) is 70.2 cm³/mol. The van der Waals surface area contributed by atoms with E-state index in [1.54, 1.807) is 0 Å². The number of hydrogen-bond acceptors (Lipinski definition) is 4. The average Bonchev–Trinajstić information content (AvgIpc) is 3.13. The van der Waals surface area contributed by atoms with Gasteiger partial charge in [-0.1, -0.05) is 0 Å². The lowest BCUT2D eigenvalue weighted by atomic mass is 10.2. The third-order valence-corrected chi connectivity index (χ3v) is 3.88. The summed E-state index contributed by atoms with van der Waals surface area (Å²) in [5.74, 6) is 0. The van der Waals surface area contributed by atoms with Gasteiger partial charge >= 0.3 is 0 Å². The van der Waals surface area contributed by atoms with Gasteiger partial charge in [0.25, 0.3) is 0 Å². The Morgan fingerprint density at radius 2 is 2.06 bits per heavy atom. The third kappa shape index (κ3) is 4.92. The molecule has 4 nitrogen and oxygen atoms in total. The Balaban J connectivity index is 1.64. The van der Waals surface area contributed by atoms with E-state index in [1.165, 1.54) is 45.4 Å². The van der Waals surface area contributed by atoms with Gasteiger partial charge in [-0.25, -0.2) is 0 Å². The van der Waals surface area contributed by atoms with Crippen LogP contribution in [-0.4, -0.2) is 73.4 Å². The van der Waals surface area contributed by atoms with Crippen LogP contribution < -0.4 is 5.32 Å². The molecule has 1 heterocycles. The molecule has 0 amide bonds. The number of hydrogen-bond donors (Lipinski definition) is 2. The van der Waals surface area contributed by atoms with E-state index in [0.717, 1.165) is 13.0 Å². The second-order valence-electron chi connectivity index (χ2n) is 5.61. The maximum Gasteiger partial charge on any atom is 0.0585 e. The molecule has 1 atom stereocenters. The lowest BCUT2D eigenvalue weighted by Crippen LogP contribution is -2.38. The molecule has 1 saturated carbocycles. The van der Waals surface area contributed by atoms with E-state index in [9.17, 15) is 5.11 Å². The Bertz CT molecular complexity index is 221. The van der Waals surface area contributed by atoms with Gasteiger partial charge < -0.3 is 20.2 Å². The zero-order valence-electron chi connectivity index (χ0n) is 11.1. The molecule has 100 valence electrons. The summed E-state index contributed by atoms with van der Waals surface area (Å²) >= 11 is 0. The molecule has 1 unspecified atom stereocenters. The van der Waals surface area contributed by atoms with Crippen molar-refractivity contribution in [2.75, 3.05) is 46.4 Å². The minimum absolute atomic E-state index is 0.282. The van der Waals surface area contributed by atoms with E-state index in [4.69, 9.17) is 0 Å². The van der Waals surface area contributed by atoms with Crippen LogP contribution in [0.25, 0.3) is 0 Å². The van der Waals surface area contributed by atoms with Crippen molar-refractivity contribution in [3.05, 3.63) is 0 Å². The number of nitrogens with one attached hydrogen (secondary N) is 1. The molecule has 0 aromatic rings. The van der Waals surface area contributed by atoms with Gasteiger partial charge in [-0.2, -0.15) is 0 Å². The zero-order valence-corrected chi connectivity index (χ0v) is 11.1. The van der Waals surface area contributed by atoms with Gasteiger partial charge in [0, 0.05) is 25.2 Å². The highest BCUT2D eigenvalue weighted by Gasteiger charge is 2.24. The summed E-state index contributed by atoms with van der Waals surface area (Å²) in [4.78, 5) is 4.95. The van der Waals surface area contributed by atoms with Crippen LogP contribution in [0.2, 0.25) is 0 Å². The Labute approximate surface area is 105 Å². The minimum Gasteiger partial charge on any atom is -0.395 e. The molecular formula is C13H27N3O. The SMILES string of the molecule is CN1CCCN(CCC(CO)NC2CC2)CC1. The zero-order chi connectivity index (χ0) is 12.1. The molecule has 2 N–H and O–H groups in total. The summed E-state index contributed by atoms with van der Waals surface area (Å²) in [5.41, 5.74) is 0. The number of rotatable bonds is 6. The van der Waals surface area contributed by atoms with E-state index < -0.39 is 0 Å². The van der Waals surface area contributed by atoms with Gasteiger partial charge in [0.05, 0.1) is 6.61 Å². The molecule has 0 bridgehead atoms. The highest BCUT2D eigenvalue weighted by Crippen LogP contribution is 2.20. The van der Waals surface area contributed by atoms with E-state index in [-0.39, 0.29) is 6.61 Å². The second-order valence-corrected chi connectivity index (χ2v) is 5.61. The lowest BCUT2D eigenvalue weighted by molar-refractivity contribution is 0.206. The maximum atomic E-state index is 9.34. The summed E-state index contributed by atoms with van der Waals surface area (Å²) in [6, 6.07) is 1.01. The highest BCUT2D eigenvalue weighted by molar-refractivity contribution is 4.85. The fraction of sp³-hybridized carbons (Fsp3) is 1.00. The Morgan fingerprint density at radius 3 is 2.76 bits per heavy atom. The first-order valence-corrected chi connectivity index (χ1v) is 7.05. The maximum absolute atomic E-state index is 9.34. The molecule has 2 fully saturated rings. The normalized spacial score (nSPS) is 25.8. The molecule has 1 aliphatic heterocycles. The van der Waals surface area contributed by atoms with Crippen LogP contribution in [0, 0.1) is 0 Å². The summed E-state index contributed by atoms with van der Waals surface area (Å²) in [6.45, 7) is 6.20. The van der Waals surface area contributed by atoms with E-state index in [1.807, 2.05) is 0 Å². The molecule has 0 radical (unpaired) electrons. The third-order valence-electron chi connectivity index (χ3n) is 3.88. The monoisotopic (exact) mass is 241 g/mol. The largest absolute Gasteiger partial charge is 0.395 e. The van der Waals surface area contributed by atoms with Gasteiger partial charge in [-0.3, -0.25) is 0 Å². The van der Waals surface area contributed by atoms with Crippen molar-refractivity contribution < 1.29 is 5.11 Å². The first-order valence-electron chi connectivity index (χ1n) is 7.05. The molecule has 1 saturated heterocycles. The summed E-state index contributed by atoms with van der Waals surface area (Å²) in [5, 5.41) is 12.9. The first kappa shape index (κ1) is 13.3. The molecular weight excluding hydrogens is 214 g/mol. The van der Waals surface area contributed by atoms with Crippen molar-refractivity contribution in [1.29, 1.82) is 0 Å². The van der Waals surface area contributed by atoms with Crippen molar-refractivity contribution >= 4 is 0 Å². The Kier molecular flexibility index (Phi) is 5.22. The van der Waals surface area contributed by atoms with Gasteiger partial charge in [-0.15, -0.1) is 0 Å².